The number of benzene rings is 2. The number of hydrogen-bond donors (Lipinski definition) is 0. The Bertz CT molecular complexity index is 893. The Morgan fingerprint density at radius 2 is 1.84 bits per heavy atom. The van der Waals surface area contributed by atoms with Crippen molar-refractivity contribution in [3.63, 3.8) is 0 Å². The highest BCUT2D eigenvalue weighted by Gasteiger charge is 2.28. The van der Waals surface area contributed by atoms with Gasteiger partial charge in [0, 0.05) is 32.2 Å². The van der Waals surface area contributed by atoms with Gasteiger partial charge >= 0.3 is 0 Å². The molecule has 2 aromatic carbocycles. The van der Waals surface area contributed by atoms with Crippen LogP contribution in [0.25, 0.3) is 0 Å². The Hall–Kier alpha value is -2.18. The lowest BCUT2D eigenvalue weighted by atomic mass is 10.0. The van der Waals surface area contributed by atoms with E-state index in [4.69, 9.17) is 0 Å². The molecule has 2 aromatic rings. The van der Waals surface area contributed by atoms with Gasteiger partial charge in [0.1, 0.15) is 0 Å². The van der Waals surface area contributed by atoms with Gasteiger partial charge in [-0.2, -0.15) is 4.31 Å². The lowest BCUT2D eigenvalue weighted by Gasteiger charge is -2.28. The van der Waals surface area contributed by atoms with Crippen LogP contribution in [-0.2, 0) is 23.0 Å². The van der Waals surface area contributed by atoms with Crippen LogP contribution in [0.4, 0.5) is 0 Å². The molecule has 0 aromatic heterocycles. The van der Waals surface area contributed by atoms with Gasteiger partial charge in [0.15, 0.2) is 0 Å². The van der Waals surface area contributed by atoms with E-state index in [-0.39, 0.29) is 10.8 Å². The molecule has 1 heterocycles. The van der Waals surface area contributed by atoms with E-state index in [1.54, 1.807) is 30.1 Å². The Kier molecular flexibility index (Phi) is 4.92. The molecule has 0 spiro atoms. The van der Waals surface area contributed by atoms with Crippen molar-refractivity contribution in [2.45, 2.75) is 24.8 Å². The second-order valence-corrected chi connectivity index (χ2v) is 8.14. The minimum atomic E-state index is -3.63. The minimum absolute atomic E-state index is 0.169. The molecule has 5 nitrogen and oxygen atoms in total. The first-order chi connectivity index (χ1) is 11.9. The number of nitrogens with zero attached hydrogens (tertiary/aromatic N) is 2. The van der Waals surface area contributed by atoms with Crippen LogP contribution in [0.5, 0.6) is 0 Å². The van der Waals surface area contributed by atoms with Crippen molar-refractivity contribution in [1.29, 1.82) is 0 Å². The molecule has 1 amide bonds. The monoisotopic (exact) mass is 358 g/mol. The van der Waals surface area contributed by atoms with Crippen LogP contribution in [0.15, 0.2) is 53.4 Å². The van der Waals surface area contributed by atoms with Crippen LogP contribution in [-0.4, -0.2) is 43.7 Å². The van der Waals surface area contributed by atoms with E-state index in [1.165, 1.54) is 15.9 Å². The summed E-state index contributed by atoms with van der Waals surface area (Å²) in [5.41, 5.74) is 2.63. The molecule has 0 fully saturated rings. The molecule has 0 atom stereocenters. The van der Waals surface area contributed by atoms with Gasteiger partial charge in [0.25, 0.3) is 5.91 Å². The van der Waals surface area contributed by atoms with Gasteiger partial charge in [0.05, 0.1) is 4.90 Å². The van der Waals surface area contributed by atoms with E-state index < -0.39 is 10.0 Å². The zero-order chi connectivity index (χ0) is 18.0. The third-order valence-electron chi connectivity index (χ3n) is 4.64. The third-order valence-corrected chi connectivity index (χ3v) is 6.48. The number of fused-ring (bicyclic) bond motifs is 1. The summed E-state index contributed by atoms with van der Waals surface area (Å²) in [4.78, 5) is 14.0. The molecule has 132 valence electrons. The molecule has 1 aliphatic rings. The summed E-state index contributed by atoms with van der Waals surface area (Å²) in [5.74, 6) is -0.177. The Balaban J connectivity index is 1.90. The second kappa shape index (κ2) is 6.98. The van der Waals surface area contributed by atoms with E-state index in [0.29, 0.717) is 31.6 Å². The smallest absolute Gasteiger partial charge is 0.253 e. The quantitative estimate of drug-likeness (QED) is 0.844. The van der Waals surface area contributed by atoms with Gasteiger partial charge in [-0.3, -0.25) is 4.79 Å². The topological polar surface area (TPSA) is 57.7 Å². The molecule has 0 unspecified atom stereocenters. The van der Waals surface area contributed by atoms with E-state index in [0.717, 1.165) is 5.56 Å². The van der Waals surface area contributed by atoms with Gasteiger partial charge in [-0.05, 0) is 42.7 Å². The largest absolute Gasteiger partial charge is 0.342 e. The Labute approximate surface area is 148 Å². The summed E-state index contributed by atoms with van der Waals surface area (Å²) in [5, 5.41) is 0. The van der Waals surface area contributed by atoms with E-state index in [9.17, 15) is 13.2 Å². The zero-order valence-corrected chi connectivity index (χ0v) is 15.3. The highest BCUT2D eigenvalue weighted by atomic mass is 32.2. The number of carbonyl (C=O) groups is 1. The molecule has 0 saturated carbocycles. The molecule has 0 bridgehead atoms. The first kappa shape index (κ1) is 17.6. The standard InChI is InChI=1S/C19H22N2O3S/c1-3-20(2)19(22)16-9-6-10-18(13-16)25(23,24)21-12-11-15-7-4-5-8-17(15)14-21/h4-10,13H,3,11-12,14H2,1-2H3. The van der Waals surface area contributed by atoms with Crippen molar-refractivity contribution in [3.05, 3.63) is 65.2 Å². The summed E-state index contributed by atoms with van der Waals surface area (Å²) in [6.07, 6.45) is 0.701. The Morgan fingerprint density at radius 3 is 2.56 bits per heavy atom. The van der Waals surface area contributed by atoms with Gasteiger partial charge in [-0.25, -0.2) is 8.42 Å². The Morgan fingerprint density at radius 1 is 1.12 bits per heavy atom. The molecule has 0 N–H and O–H groups in total. The average Bonchev–Trinajstić information content (AvgIpc) is 2.66. The molecule has 0 saturated heterocycles. The summed E-state index contributed by atoms with van der Waals surface area (Å²) in [6, 6.07) is 14.2. The normalized spacial score (nSPS) is 14.8. The van der Waals surface area contributed by atoms with Gasteiger partial charge in [-0.15, -0.1) is 0 Å². The van der Waals surface area contributed by atoms with Gasteiger partial charge < -0.3 is 4.90 Å². The van der Waals surface area contributed by atoms with Crippen molar-refractivity contribution in [1.82, 2.24) is 9.21 Å². The average molecular weight is 358 g/mol. The number of hydrogen-bond acceptors (Lipinski definition) is 3. The lowest BCUT2D eigenvalue weighted by Crippen LogP contribution is -2.36. The first-order valence-electron chi connectivity index (χ1n) is 8.36. The third kappa shape index (κ3) is 3.45. The summed E-state index contributed by atoms with van der Waals surface area (Å²) in [6.45, 7) is 3.26. The maximum Gasteiger partial charge on any atom is 0.253 e. The number of sulfonamides is 1. The first-order valence-corrected chi connectivity index (χ1v) is 9.80. The van der Waals surface area contributed by atoms with Crippen molar-refractivity contribution in [2.75, 3.05) is 20.1 Å². The second-order valence-electron chi connectivity index (χ2n) is 6.20. The van der Waals surface area contributed by atoms with Crippen LogP contribution < -0.4 is 0 Å². The minimum Gasteiger partial charge on any atom is -0.342 e. The zero-order valence-electron chi connectivity index (χ0n) is 14.5. The lowest BCUT2D eigenvalue weighted by molar-refractivity contribution is 0.0802. The van der Waals surface area contributed by atoms with Crippen molar-refractivity contribution >= 4 is 15.9 Å². The molecule has 1 aliphatic heterocycles. The maximum atomic E-state index is 13.0. The van der Waals surface area contributed by atoms with Crippen LogP contribution in [0, 0.1) is 0 Å². The number of rotatable bonds is 4. The maximum absolute atomic E-state index is 13.0. The molecular weight excluding hydrogens is 336 g/mol. The highest BCUT2D eigenvalue weighted by Crippen LogP contribution is 2.25. The van der Waals surface area contributed by atoms with Crippen LogP contribution in [0.2, 0.25) is 0 Å². The van der Waals surface area contributed by atoms with Crippen LogP contribution >= 0.6 is 0 Å². The molecule has 0 aliphatic carbocycles. The summed E-state index contributed by atoms with van der Waals surface area (Å²) in [7, 11) is -1.93. The molecule has 6 heteroatoms. The summed E-state index contributed by atoms with van der Waals surface area (Å²) < 4.78 is 27.5. The van der Waals surface area contributed by atoms with Crippen molar-refractivity contribution in [3.8, 4) is 0 Å². The fraction of sp³-hybridized carbons (Fsp3) is 0.316. The van der Waals surface area contributed by atoms with Crippen LogP contribution in [0.1, 0.15) is 28.4 Å². The number of amides is 1. The summed E-state index contributed by atoms with van der Waals surface area (Å²) >= 11 is 0. The highest BCUT2D eigenvalue weighted by molar-refractivity contribution is 7.89. The van der Waals surface area contributed by atoms with Gasteiger partial charge in [0.2, 0.25) is 10.0 Å². The number of carbonyl (C=O) groups excluding carboxylic acids is 1. The predicted molar refractivity (Wildman–Crippen MR) is 96.8 cm³/mol. The van der Waals surface area contributed by atoms with Crippen LogP contribution in [0.3, 0.4) is 0 Å². The molecule has 0 radical (unpaired) electrons. The fourth-order valence-electron chi connectivity index (χ4n) is 2.98. The van der Waals surface area contributed by atoms with E-state index >= 15 is 0 Å². The fourth-order valence-corrected chi connectivity index (χ4v) is 4.44. The van der Waals surface area contributed by atoms with Crippen molar-refractivity contribution in [2.24, 2.45) is 0 Å². The van der Waals surface area contributed by atoms with Gasteiger partial charge in [-0.1, -0.05) is 30.3 Å². The SMILES string of the molecule is CCN(C)C(=O)c1cccc(S(=O)(=O)N2CCc3ccccc3C2)c1. The van der Waals surface area contributed by atoms with Crippen molar-refractivity contribution < 1.29 is 13.2 Å². The predicted octanol–water partition coefficient (Wildman–Crippen LogP) is 2.53. The molecule has 25 heavy (non-hydrogen) atoms. The van der Waals surface area contributed by atoms with E-state index in [2.05, 4.69) is 0 Å². The molecule has 3 rings (SSSR count). The molecular formula is C19H22N2O3S. The van der Waals surface area contributed by atoms with E-state index in [1.807, 2.05) is 31.2 Å².